The van der Waals surface area contributed by atoms with E-state index in [0.717, 1.165) is 0 Å². The second-order valence-corrected chi connectivity index (χ2v) is 2.36. The number of aliphatic hydroxyl groups excluding tert-OH is 5. The summed E-state index contributed by atoms with van der Waals surface area (Å²) in [6.07, 6.45) is -6.84. The van der Waals surface area contributed by atoms with Crippen molar-refractivity contribution in [2.45, 2.75) is 24.4 Å². The van der Waals surface area contributed by atoms with Gasteiger partial charge in [0.15, 0.2) is 6.29 Å². The summed E-state index contributed by atoms with van der Waals surface area (Å²) in [7, 11) is 0. The van der Waals surface area contributed by atoms with Gasteiger partial charge in [-0.1, -0.05) is 0 Å². The highest BCUT2D eigenvalue weighted by molar-refractivity contribution is 5.56. The molecule has 0 aliphatic rings. The highest BCUT2D eigenvalue weighted by Crippen LogP contribution is 2.02. The Kier molecular flexibility index (Phi) is 4.95. The van der Waals surface area contributed by atoms with Gasteiger partial charge in [-0.25, -0.2) is 0 Å². The van der Waals surface area contributed by atoms with Crippen molar-refractivity contribution >= 4 is 6.29 Å². The highest BCUT2D eigenvalue weighted by Gasteiger charge is 2.29. The summed E-state index contributed by atoms with van der Waals surface area (Å²) >= 11 is 0. The number of carbonyl (C=O) groups excluding carboxylic acids is 1. The zero-order chi connectivity index (χ0) is 9.72. The van der Waals surface area contributed by atoms with Crippen LogP contribution in [0.4, 0.5) is 0 Å². The molecule has 0 spiro atoms. The first kappa shape index (κ1) is 11.5. The minimum atomic E-state index is -1.79. The Labute approximate surface area is 68.7 Å². The van der Waals surface area contributed by atoms with Crippen LogP contribution in [0, 0.1) is 0 Å². The molecule has 0 fully saturated rings. The maximum Gasteiger partial charge on any atom is 0.151 e. The zero-order valence-electron chi connectivity index (χ0n) is 6.24. The van der Waals surface area contributed by atoms with E-state index in [1.54, 1.807) is 0 Å². The minimum absolute atomic E-state index is 0.0258. The van der Waals surface area contributed by atoms with Crippen LogP contribution in [0.1, 0.15) is 0 Å². The first-order valence-electron chi connectivity index (χ1n) is 3.33. The van der Waals surface area contributed by atoms with Crippen molar-refractivity contribution in [1.82, 2.24) is 0 Å². The standard InChI is InChI=1S/C6H12O6/c7-1-3(9)5(11)6(12)4(10)2-8/h1,3-6,8-12H,2H2/t3-,4-,5-,6-/m1/s1/i1-1. The van der Waals surface area contributed by atoms with E-state index in [4.69, 9.17) is 25.5 Å². The average molecular weight is 179 g/mol. The maximum absolute atomic E-state index is 9.90. The molecule has 0 bridgehead atoms. The average Bonchev–Trinajstić information content (AvgIpc) is 2.12. The molecule has 5 N–H and O–H groups in total. The van der Waals surface area contributed by atoms with E-state index in [9.17, 15) is 4.79 Å². The maximum atomic E-state index is 9.90. The lowest BCUT2D eigenvalue weighted by molar-refractivity contribution is -0.136. The van der Waals surface area contributed by atoms with Gasteiger partial charge in [0.25, 0.3) is 0 Å². The summed E-state index contributed by atoms with van der Waals surface area (Å²) in [5, 5.41) is 43.5. The van der Waals surface area contributed by atoms with Crippen LogP contribution in [0.3, 0.4) is 0 Å². The van der Waals surface area contributed by atoms with Gasteiger partial charge in [-0.3, -0.25) is 0 Å². The lowest BCUT2D eigenvalue weighted by Gasteiger charge is -2.22. The Morgan fingerprint density at radius 1 is 1.08 bits per heavy atom. The molecule has 0 unspecified atom stereocenters. The van der Waals surface area contributed by atoms with Crippen molar-refractivity contribution in [1.29, 1.82) is 0 Å². The van der Waals surface area contributed by atoms with E-state index in [1.807, 2.05) is 0 Å². The Morgan fingerprint density at radius 2 is 1.58 bits per heavy atom. The third-order valence-electron chi connectivity index (χ3n) is 1.42. The van der Waals surface area contributed by atoms with Crippen LogP contribution in [-0.2, 0) is 4.79 Å². The predicted molar refractivity (Wildman–Crippen MR) is 37.2 cm³/mol. The molecular formula is C6H12O6. The van der Waals surface area contributed by atoms with Crippen LogP contribution in [0.15, 0.2) is 0 Å². The third kappa shape index (κ3) is 2.84. The first-order valence-corrected chi connectivity index (χ1v) is 3.33. The second kappa shape index (κ2) is 5.18. The van der Waals surface area contributed by atoms with Crippen molar-refractivity contribution in [2.75, 3.05) is 6.61 Å². The normalized spacial score (nSPS) is 21.1. The zero-order valence-corrected chi connectivity index (χ0v) is 6.24. The topological polar surface area (TPSA) is 118 Å². The number of hydrogen-bond donors (Lipinski definition) is 5. The fraction of sp³-hybridized carbons (Fsp3) is 0.833. The lowest BCUT2D eigenvalue weighted by Crippen LogP contribution is -2.46. The van der Waals surface area contributed by atoms with Crippen molar-refractivity contribution in [3.05, 3.63) is 0 Å². The van der Waals surface area contributed by atoms with E-state index in [0.29, 0.717) is 0 Å². The number of rotatable bonds is 5. The van der Waals surface area contributed by atoms with Gasteiger partial charge in [0, 0.05) is 0 Å². The molecule has 0 radical (unpaired) electrons. The first-order chi connectivity index (χ1) is 5.54. The Hall–Kier alpha value is -0.530. The minimum Gasteiger partial charge on any atom is -0.394 e. The van der Waals surface area contributed by atoms with E-state index in [2.05, 4.69) is 0 Å². The highest BCUT2D eigenvalue weighted by atomic mass is 16.4. The van der Waals surface area contributed by atoms with Crippen LogP contribution in [-0.4, -0.2) is 62.8 Å². The molecule has 0 aromatic heterocycles. The molecular weight excluding hydrogens is 167 g/mol. The van der Waals surface area contributed by atoms with Crippen LogP contribution in [0.2, 0.25) is 0 Å². The van der Waals surface area contributed by atoms with Crippen LogP contribution < -0.4 is 0 Å². The monoisotopic (exact) mass is 179 g/mol. The van der Waals surface area contributed by atoms with E-state index in [-0.39, 0.29) is 6.29 Å². The summed E-state index contributed by atoms with van der Waals surface area (Å²) in [4.78, 5) is 9.90. The van der Waals surface area contributed by atoms with Crippen molar-refractivity contribution < 1.29 is 30.3 Å². The van der Waals surface area contributed by atoms with E-state index >= 15 is 0 Å². The summed E-state index contributed by atoms with van der Waals surface area (Å²) in [5.74, 6) is 0. The molecule has 0 amide bonds. The molecule has 72 valence electrons. The predicted octanol–water partition coefficient (Wildman–Crippen LogP) is -3.38. The van der Waals surface area contributed by atoms with Gasteiger partial charge in [0.1, 0.15) is 24.4 Å². The molecule has 6 nitrogen and oxygen atoms in total. The molecule has 0 heterocycles. The smallest absolute Gasteiger partial charge is 0.151 e. The number of carbonyl (C=O) groups is 1. The molecule has 4 atom stereocenters. The molecule has 0 aromatic rings. The van der Waals surface area contributed by atoms with Gasteiger partial charge >= 0.3 is 0 Å². The quantitative estimate of drug-likeness (QED) is 0.281. The van der Waals surface area contributed by atoms with Crippen molar-refractivity contribution in [3.63, 3.8) is 0 Å². The van der Waals surface area contributed by atoms with Crippen LogP contribution in [0.25, 0.3) is 0 Å². The summed E-state index contributed by atoms with van der Waals surface area (Å²) in [6, 6.07) is 0. The number of aldehydes is 1. The Balaban J connectivity index is 4.07. The Bertz CT molecular complexity index is 138. The van der Waals surface area contributed by atoms with Gasteiger partial charge in [-0.2, -0.15) is 0 Å². The SMILES string of the molecule is O=[11CH][C@@H](O)[C@@H](O)[C@H](O)[C@H](O)CO. The lowest BCUT2D eigenvalue weighted by atomic mass is 9.93. The van der Waals surface area contributed by atoms with Gasteiger partial charge < -0.3 is 30.3 Å². The molecule has 0 saturated carbocycles. The second-order valence-electron chi connectivity index (χ2n) is 2.36. The van der Waals surface area contributed by atoms with Gasteiger partial charge in [0.05, 0.1) is 6.61 Å². The van der Waals surface area contributed by atoms with Crippen molar-refractivity contribution in [3.8, 4) is 0 Å². The fourth-order valence-electron chi connectivity index (χ4n) is 0.618. The Morgan fingerprint density at radius 3 is 1.92 bits per heavy atom. The molecule has 12 heavy (non-hydrogen) atoms. The van der Waals surface area contributed by atoms with E-state index in [1.165, 1.54) is 0 Å². The third-order valence-corrected chi connectivity index (χ3v) is 1.42. The number of aliphatic hydroxyl groups is 5. The summed E-state index contributed by atoms with van der Waals surface area (Å²) in [5.41, 5.74) is 0. The molecule has 6 heteroatoms. The molecule has 0 aliphatic carbocycles. The van der Waals surface area contributed by atoms with Gasteiger partial charge in [-0.15, -0.1) is 0 Å². The number of hydrogen-bond acceptors (Lipinski definition) is 6. The molecule has 0 aromatic carbocycles. The molecule has 0 rings (SSSR count). The summed E-state index contributed by atoms with van der Waals surface area (Å²) < 4.78 is 0. The van der Waals surface area contributed by atoms with Crippen molar-refractivity contribution in [2.24, 2.45) is 0 Å². The van der Waals surface area contributed by atoms with E-state index < -0.39 is 31.0 Å². The fourth-order valence-corrected chi connectivity index (χ4v) is 0.618. The largest absolute Gasteiger partial charge is 0.394 e. The van der Waals surface area contributed by atoms with Gasteiger partial charge in [0.2, 0.25) is 0 Å². The van der Waals surface area contributed by atoms with Gasteiger partial charge in [-0.05, 0) is 0 Å². The molecule has 0 aliphatic heterocycles. The van der Waals surface area contributed by atoms with Crippen LogP contribution >= 0.6 is 0 Å². The molecule has 0 saturated heterocycles. The summed E-state index contributed by atoms with van der Waals surface area (Å²) in [6.45, 7) is -0.760. The van der Waals surface area contributed by atoms with Crippen LogP contribution in [0.5, 0.6) is 0 Å².